The maximum Gasteiger partial charge on any atom is 0.340 e. The fourth-order valence-electron chi connectivity index (χ4n) is 2.32. The van der Waals surface area contributed by atoms with E-state index in [1.165, 1.54) is 7.11 Å². The van der Waals surface area contributed by atoms with Gasteiger partial charge >= 0.3 is 5.97 Å². The van der Waals surface area contributed by atoms with Crippen molar-refractivity contribution in [3.05, 3.63) is 52.7 Å². The molecule has 4 heteroatoms. The van der Waals surface area contributed by atoms with E-state index < -0.39 is 5.97 Å². The van der Waals surface area contributed by atoms with Gasteiger partial charge in [-0.15, -0.1) is 0 Å². The van der Waals surface area contributed by atoms with Crippen molar-refractivity contribution in [3.63, 3.8) is 0 Å². The first-order valence-corrected chi connectivity index (χ1v) is 6.48. The third-order valence-electron chi connectivity index (χ3n) is 3.33. The molecule has 1 aromatic rings. The molecule has 104 valence electrons. The molecule has 0 atom stereocenters. The Bertz CT molecular complexity index is 599. The molecule has 20 heavy (non-hydrogen) atoms. The van der Waals surface area contributed by atoms with Crippen molar-refractivity contribution >= 4 is 18.0 Å². The molecular weight excluding hydrogens is 254 g/mol. The number of ether oxygens (including phenoxy) is 1. The smallest absolute Gasteiger partial charge is 0.340 e. The van der Waals surface area contributed by atoms with Crippen molar-refractivity contribution < 1.29 is 14.3 Å². The van der Waals surface area contributed by atoms with E-state index in [0.29, 0.717) is 23.4 Å². The summed E-state index contributed by atoms with van der Waals surface area (Å²) in [5.41, 5.74) is 2.26. The fourth-order valence-corrected chi connectivity index (χ4v) is 2.32. The van der Waals surface area contributed by atoms with Crippen LogP contribution in [0.15, 0.2) is 47.2 Å². The minimum Gasteiger partial charge on any atom is -0.465 e. The van der Waals surface area contributed by atoms with Crippen LogP contribution in [0.5, 0.6) is 0 Å². The van der Waals surface area contributed by atoms with E-state index in [1.54, 1.807) is 17.9 Å². The van der Waals surface area contributed by atoms with Crippen molar-refractivity contribution in [2.75, 3.05) is 13.7 Å². The molecule has 0 bridgehead atoms. The number of amides is 1. The number of likely N-dealkylation sites (N-methyl/N-ethyl adjacent to an activating group) is 1. The number of rotatable bonds is 3. The van der Waals surface area contributed by atoms with Crippen molar-refractivity contribution in [3.8, 4) is 0 Å². The summed E-state index contributed by atoms with van der Waals surface area (Å²) < 4.78 is 4.80. The number of methoxy groups -OCH3 is 1. The van der Waals surface area contributed by atoms with E-state index in [9.17, 15) is 9.59 Å². The van der Waals surface area contributed by atoms with Crippen LogP contribution in [0, 0.1) is 0 Å². The van der Waals surface area contributed by atoms with Gasteiger partial charge in [-0.25, -0.2) is 4.79 Å². The van der Waals surface area contributed by atoms with Gasteiger partial charge in [-0.05, 0) is 25.5 Å². The third-order valence-corrected chi connectivity index (χ3v) is 3.33. The van der Waals surface area contributed by atoms with Crippen LogP contribution < -0.4 is 0 Å². The highest BCUT2D eigenvalue weighted by Gasteiger charge is 2.35. The molecular formula is C16H17NO3. The normalized spacial score (nSPS) is 17.1. The number of nitrogens with zero attached hydrogens (tertiary/aromatic N) is 1. The molecule has 2 rings (SSSR count). The van der Waals surface area contributed by atoms with Crippen LogP contribution in [0.1, 0.15) is 19.4 Å². The molecule has 0 saturated heterocycles. The number of carbonyl (C=O) groups excluding carboxylic acids is 2. The van der Waals surface area contributed by atoms with Crippen LogP contribution >= 0.6 is 0 Å². The van der Waals surface area contributed by atoms with Gasteiger partial charge in [-0.1, -0.05) is 30.3 Å². The lowest BCUT2D eigenvalue weighted by atomic mass is 10.0. The van der Waals surface area contributed by atoms with Gasteiger partial charge in [-0.2, -0.15) is 0 Å². The van der Waals surface area contributed by atoms with E-state index in [2.05, 4.69) is 0 Å². The number of esters is 1. The monoisotopic (exact) mass is 271 g/mol. The molecule has 0 aromatic heterocycles. The quantitative estimate of drug-likeness (QED) is 0.626. The summed E-state index contributed by atoms with van der Waals surface area (Å²) in [5.74, 6) is -0.636. The zero-order valence-corrected chi connectivity index (χ0v) is 11.8. The number of hydrogen-bond donors (Lipinski definition) is 0. The zero-order valence-electron chi connectivity index (χ0n) is 11.8. The van der Waals surface area contributed by atoms with E-state index in [1.807, 2.05) is 37.3 Å². The molecule has 0 saturated carbocycles. The SMILES string of the molecule is CCN1C(=O)/C(=C\c2ccccc2)C(C(=O)OC)=C1C. The maximum absolute atomic E-state index is 12.4. The summed E-state index contributed by atoms with van der Waals surface area (Å²) in [7, 11) is 1.32. The van der Waals surface area contributed by atoms with Crippen LogP contribution in [0.4, 0.5) is 0 Å². The summed E-state index contributed by atoms with van der Waals surface area (Å²) in [5, 5.41) is 0. The Morgan fingerprint density at radius 1 is 1.30 bits per heavy atom. The van der Waals surface area contributed by atoms with Gasteiger partial charge < -0.3 is 9.64 Å². The summed E-state index contributed by atoms with van der Waals surface area (Å²) in [6, 6.07) is 9.45. The number of benzene rings is 1. The molecule has 4 nitrogen and oxygen atoms in total. The largest absolute Gasteiger partial charge is 0.465 e. The Labute approximate surface area is 118 Å². The maximum atomic E-state index is 12.4. The van der Waals surface area contributed by atoms with E-state index >= 15 is 0 Å². The Morgan fingerprint density at radius 3 is 2.50 bits per heavy atom. The molecule has 1 aliphatic rings. The van der Waals surface area contributed by atoms with E-state index in [0.717, 1.165) is 5.56 Å². The Balaban J connectivity index is 2.53. The van der Waals surface area contributed by atoms with Crippen molar-refractivity contribution in [1.29, 1.82) is 0 Å². The van der Waals surface area contributed by atoms with E-state index in [4.69, 9.17) is 4.74 Å². The zero-order chi connectivity index (χ0) is 14.7. The Morgan fingerprint density at radius 2 is 1.95 bits per heavy atom. The first-order valence-electron chi connectivity index (χ1n) is 6.48. The van der Waals surface area contributed by atoms with Crippen molar-refractivity contribution in [2.24, 2.45) is 0 Å². The fraction of sp³-hybridized carbons (Fsp3) is 0.250. The standard InChI is InChI=1S/C16H17NO3/c1-4-17-11(2)14(16(19)20-3)13(15(17)18)10-12-8-6-5-7-9-12/h5-10H,4H2,1-3H3/b13-10-. The molecule has 1 amide bonds. The first kappa shape index (κ1) is 14.1. The molecule has 0 spiro atoms. The lowest BCUT2D eigenvalue weighted by molar-refractivity contribution is -0.136. The second-order valence-electron chi connectivity index (χ2n) is 4.47. The molecule has 1 aromatic carbocycles. The third kappa shape index (κ3) is 2.37. The average Bonchev–Trinajstić information content (AvgIpc) is 2.70. The predicted octanol–water partition coefficient (Wildman–Crippen LogP) is 2.38. The van der Waals surface area contributed by atoms with E-state index in [-0.39, 0.29) is 5.91 Å². The minimum absolute atomic E-state index is 0.158. The molecule has 0 unspecified atom stereocenters. The van der Waals surface area contributed by atoms with Gasteiger partial charge in [-0.3, -0.25) is 4.79 Å². The average molecular weight is 271 g/mol. The Kier molecular flexibility index (Phi) is 4.03. The van der Waals surface area contributed by atoms with Crippen molar-refractivity contribution in [2.45, 2.75) is 13.8 Å². The second kappa shape index (κ2) is 5.74. The molecule has 0 aliphatic carbocycles. The van der Waals surface area contributed by atoms with Crippen molar-refractivity contribution in [1.82, 2.24) is 4.90 Å². The highest BCUT2D eigenvalue weighted by atomic mass is 16.5. The molecule has 0 radical (unpaired) electrons. The molecule has 0 N–H and O–H groups in total. The summed E-state index contributed by atoms with van der Waals surface area (Å²) >= 11 is 0. The van der Waals surface area contributed by atoms with Gasteiger partial charge in [0.15, 0.2) is 0 Å². The molecule has 0 fully saturated rings. The van der Waals surface area contributed by atoms with Crippen LogP contribution in [0.3, 0.4) is 0 Å². The lowest BCUT2D eigenvalue weighted by Gasteiger charge is -2.14. The highest BCUT2D eigenvalue weighted by Crippen LogP contribution is 2.31. The summed E-state index contributed by atoms with van der Waals surface area (Å²) in [4.78, 5) is 25.9. The van der Waals surface area contributed by atoms with Gasteiger partial charge in [0.05, 0.1) is 18.3 Å². The predicted molar refractivity (Wildman–Crippen MR) is 76.5 cm³/mol. The lowest BCUT2D eigenvalue weighted by Crippen LogP contribution is -2.24. The van der Waals surface area contributed by atoms with Gasteiger partial charge in [0.25, 0.3) is 5.91 Å². The summed E-state index contributed by atoms with van der Waals surface area (Å²) in [6.07, 6.45) is 1.73. The molecule has 1 aliphatic heterocycles. The van der Waals surface area contributed by atoms with Crippen LogP contribution in [0.25, 0.3) is 6.08 Å². The van der Waals surface area contributed by atoms with Gasteiger partial charge in [0.1, 0.15) is 0 Å². The Hall–Kier alpha value is -2.36. The van der Waals surface area contributed by atoms with Crippen LogP contribution in [-0.4, -0.2) is 30.4 Å². The summed E-state index contributed by atoms with van der Waals surface area (Å²) in [6.45, 7) is 4.17. The van der Waals surface area contributed by atoms with Crippen LogP contribution in [0.2, 0.25) is 0 Å². The molecule has 1 heterocycles. The number of hydrogen-bond acceptors (Lipinski definition) is 3. The highest BCUT2D eigenvalue weighted by molar-refractivity contribution is 6.16. The number of carbonyl (C=O) groups is 2. The van der Waals surface area contributed by atoms with Gasteiger partial charge in [0.2, 0.25) is 0 Å². The van der Waals surface area contributed by atoms with Crippen LogP contribution in [-0.2, 0) is 14.3 Å². The second-order valence-corrected chi connectivity index (χ2v) is 4.47. The topological polar surface area (TPSA) is 46.6 Å². The number of allylic oxidation sites excluding steroid dienone is 1. The first-order chi connectivity index (χ1) is 9.60. The minimum atomic E-state index is -0.478. The van der Waals surface area contributed by atoms with Gasteiger partial charge in [0, 0.05) is 12.2 Å².